The van der Waals surface area contributed by atoms with Crippen molar-refractivity contribution < 1.29 is 0 Å². The first-order chi connectivity index (χ1) is 9.13. The number of hydrogen-bond acceptors (Lipinski definition) is 2. The molecule has 0 bridgehead atoms. The van der Waals surface area contributed by atoms with Crippen LogP contribution in [-0.2, 0) is 19.9 Å². The maximum atomic E-state index is 6.43. The molecule has 0 spiro atoms. The molecule has 1 rings (SSSR count). The summed E-state index contributed by atoms with van der Waals surface area (Å²) in [5.74, 6) is 0. The minimum atomic E-state index is 0.512. The summed E-state index contributed by atoms with van der Waals surface area (Å²) in [6.07, 6.45) is 6.75. The number of halogens is 1. The Morgan fingerprint density at radius 3 is 2.53 bits per heavy atom. The van der Waals surface area contributed by atoms with Gasteiger partial charge in [0.2, 0.25) is 0 Å². The number of aryl methyl sites for hydroxylation is 2. The molecule has 0 saturated heterocycles. The van der Waals surface area contributed by atoms with E-state index < -0.39 is 0 Å². The van der Waals surface area contributed by atoms with Gasteiger partial charge in [-0.05, 0) is 25.8 Å². The summed E-state index contributed by atoms with van der Waals surface area (Å²) in [6, 6.07) is 0.512. The van der Waals surface area contributed by atoms with E-state index >= 15 is 0 Å². The monoisotopic (exact) mass is 285 g/mol. The smallest absolute Gasteiger partial charge is 0.0850 e. The fourth-order valence-corrected chi connectivity index (χ4v) is 2.72. The van der Waals surface area contributed by atoms with Gasteiger partial charge in [0.25, 0.3) is 0 Å². The fraction of sp³-hybridized carbons (Fsp3) is 0.800. The fourth-order valence-electron chi connectivity index (χ4n) is 2.35. The molecule has 0 aliphatic carbocycles. The second-order valence-corrected chi connectivity index (χ2v) is 5.56. The number of nitrogens with zero attached hydrogens (tertiary/aromatic N) is 2. The van der Waals surface area contributed by atoms with Gasteiger partial charge >= 0.3 is 0 Å². The molecule has 1 N–H and O–H groups in total. The summed E-state index contributed by atoms with van der Waals surface area (Å²) in [5, 5.41) is 9.00. The van der Waals surface area contributed by atoms with E-state index in [0.717, 1.165) is 30.1 Å². The van der Waals surface area contributed by atoms with Gasteiger partial charge in [0.05, 0.1) is 16.4 Å². The van der Waals surface area contributed by atoms with E-state index in [4.69, 9.17) is 11.6 Å². The molecule has 1 atom stereocenters. The molecule has 0 aliphatic rings. The van der Waals surface area contributed by atoms with Crippen LogP contribution in [0.2, 0.25) is 5.02 Å². The number of hydrogen-bond donors (Lipinski definition) is 1. The highest BCUT2D eigenvalue weighted by Gasteiger charge is 2.17. The molecule has 1 aromatic heterocycles. The summed E-state index contributed by atoms with van der Waals surface area (Å²) in [7, 11) is 2.00. The van der Waals surface area contributed by atoms with E-state index in [1.54, 1.807) is 0 Å². The average molecular weight is 286 g/mol. The summed E-state index contributed by atoms with van der Waals surface area (Å²) in [5.41, 5.74) is 2.19. The van der Waals surface area contributed by atoms with E-state index in [2.05, 4.69) is 31.2 Å². The number of unbranched alkanes of at least 4 members (excludes halogenated alkanes) is 1. The Morgan fingerprint density at radius 1 is 1.26 bits per heavy atom. The van der Waals surface area contributed by atoms with Gasteiger partial charge in [-0.25, -0.2) is 0 Å². The maximum absolute atomic E-state index is 6.43. The van der Waals surface area contributed by atoms with Crippen LogP contribution in [0.5, 0.6) is 0 Å². The Hall–Kier alpha value is -0.540. The van der Waals surface area contributed by atoms with Crippen LogP contribution in [-0.4, -0.2) is 22.4 Å². The molecule has 0 aromatic carbocycles. The molecule has 1 heterocycles. The van der Waals surface area contributed by atoms with Gasteiger partial charge in [0, 0.05) is 19.5 Å². The molecule has 19 heavy (non-hydrogen) atoms. The third-order valence-corrected chi connectivity index (χ3v) is 3.97. The number of rotatable bonds is 9. The minimum absolute atomic E-state index is 0.512. The molecular formula is C15H28ClN3. The van der Waals surface area contributed by atoms with Crippen molar-refractivity contribution in [3.05, 3.63) is 16.4 Å². The minimum Gasteiger partial charge on any atom is -0.314 e. The van der Waals surface area contributed by atoms with Crippen molar-refractivity contribution in [3.8, 4) is 0 Å². The highest BCUT2D eigenvalue weighted by atomic mass is 35.5. The van der Waals surface area contributed by atoms with Gasteiger partial charge in [0.15, 0.2) is 0 Å². The quantitative estimate of drug-likeness (QED) is 0.749. The zero-order valence-corrected chi connectivity index (χ0v) is 13.6. The summed E-state index contributed by atoms with van der Waals surface area (Å²) in [6.45, 7) is 7.62. The Labute approximate surface area is 122 Å². The van der Waals surface area contributed by atoms with Gasteiger partial charge in [-0.1, -0.05) is 45.2 Å². The van der Waals surface area contributed by atoms with Crippen LogP contribution in [0, 0.1) is 0 Å². The van der Waals surface area contributed by atoms with Gasteiger partial charge in [-0.3, -0.25) is 4.68 Å². The normalized spacial score (nSPS) is 12.9. The summed E-state index contributed by atoms with van der Waals surface area (Å²) >= 11 is 6.43. The Bertz CT molecular complexity index is 366. The first kappa shape index (κ1) is 16.5. The van der Waals surface area contributed by atoms with Crippen LogP contribution in [0.25, 0.3) is 0 Å². The SMILES string of the molecule is CCCCC(Cc1c(Cl)c(CC)nn1C)NCCC. The lowest BCUT2D eigenvalue weighted by molar-refractivity contribution is 0.452. The van der Waals surface area contributed by atoms with E-state index in [0.29, 0.717) is 6.04 Å². The highest BCUT2D eigenvalue weighted by Crippen LogP contribution is 2.23. The van der Waals surface area contributed by atoms with E-state index in [9.17, 15) is 0 Å². The largest absolute Gasteiger partial charge is 0.314 e. The molecule has 3 nitrogen and oxygen atoms in total. The maximum Gasteiger partial charge on any atom is 0.0850 e. The standard InChI is InChI=1S/C15H28ClN3/c1-5-8-9-12(17-10-6-2)11-14-15(16)13(7-3)18-19(14)4/h12,17H,5-11H2,1-4H3. The van der Waals surface area contributed by atoms with E-state index in [-0.39, 0.29) is 0 Å². The Balaban J connectivity index is 2.73. The molecular weight excluding hydrogens is 258 g/mol. The second kappa shape index (κ2) is 8.60. The zero-order chi connectivity index (χ0) is 14.3. The van der Waals surface area contributed by atoms with Crippen molar-refractivity contribution in [1.29, 1.82) is 0 Å². The molecule has 0 radical (unpaired) electrons. The van der Waals surface area contributed by atoms with Crippen LogP contribution in [0.15, 0.2) is 0 Å². The lowest BCUT2D eigenvalue weighted by Gasteiger charge is -2.18. The first-order valence-electron chi connectivity index (χ1n) is 7.57. The molecule has 1 aromatic rings. The van der Waals surface area contributed by atoms with Gasteiger partial charge in [-0.2, -0.15) is 5.10 Å². The highest BCUT2D eigenvalue weighted by molar-refractivity contribution is 6.31. The molecule has 0 amide bonds. The lowest BCUT2D eigenvalue weighted by Crippen LogP contribution is -2.32. The second-order valence-electron chi connectivity index (χ2n) is 5.18. The van der Waals surface area contributed by atoms with Crippen LogP contribution >= 0.6 is 11.6 Å². The lowest BCUT2D eigenvalue weighted by atomic mass is 10.0. The zero-order valence-electron chi connectivity index (χ0n) is 12.8. The van der Waals surface area contributed by atoms with E-state index in [1.165, 1.54) is 31.4 Å². The van der Waals surface area contributed by atoms with Crippen LogP contribution in [0.3, 0.4) is 0 Å². The van der Waals surface area contributed by atoms with Crippen molar-refractivity contribution in [3.63, 3.8) is 0 Å². The van der Waals surface area contributed by atoms with Crippen LogP contribution in [0.4, 0.5) is 0 Å². The van der Waals surface area contributed by atoms with Crippen LogP contribution < -0.4 is 5.32 Å². The molecule has 1 unspecified atom stereocenters. The van der Waals surface area contributed by atoms with Crippen molar-refractivity contribution in [2.24, 2.45) is 7.05 Å². The number of aromatic nitrogens is 2. The third kappa shape index (κ3) is 4.81. The van der Waals surface area contributed by atoms with Gasteiger partial charge in [0.1, 0.15) is 0 Å². The summed E-state index contributed by atoms with van der Waals surface area (Å²) in [4.78, 5) is 0. The van der Waals surface area contributed by atoms with Gasteiger partial charge < -0.3 is 5.32 Å². The van der Waals surface area contributed by atoms with Crippen molar-refractivity contribution in [2.75, 3.05) is 6.54 Å². The number of nitrogens with one attached hydrogen (secondary N) is 1. The molecule has 0 aliphatic heterocycles. The molecule has 110 valence electrons. The van der Waals surface area contributed by atoms with Crippen molar-refractivity contribution in [2.45, 2.75) is 65.3 Å². The predicted octanol–water partition coefficient (Wildman–Crippen LogP) is 3.74. The Kier molecular flexibility index (Phi) is 7.47. The topological polar surface area (TPSA) is 29.9 Å². The Morgan fingerprint density at radius 2 is 2.00 bits per heavy atom. The molecule has 0 saturated carbocycles. The van der Waals surface area contributed by atoms with Crippen molar-refractivity contribution >= 4 is 11.6 Å². The summed E-state index contributed by atoms with van der Waals surface area (Å²) < 4.78 is 1.95. The third-order valence-electron chi connectivity index (χ3n) is 3.53. The van der Waals surface area contributed by atoms with Crippen molar-refractivity contribution in [1.82, 2.24) is 15.1 Å². The predicted molar refractivity (Wildman–Crippen MR) is 82.9 cm³/mol. The van der Waals surface area contributed by atoms with Crippen LogP contribution in [0.1, 0.15) is 57.8 Å². The first-order valence-corrected chi connectivity index (χ1v) is 7.95. The average Bonchev–Trinajstić information content (AvgIpc) is 2.68. The van der Waals surface area contributed by atoms with Gasteiger partial charge in [-0.15, -0.1) is 0 Å². The molecule has 0 fully saturated rings. The molecule has 4 heteroatoms. The van der Waals surface area contributed by atoms with E-state index in [1.807, 2.05) is 11.7 Å².